The van der Waals surface area contributed by atoms with Crippen LogP contribution in [0.2, 0.25) is 5.02 Å². The summed E-state index contributed by atoms with van der Waals surface area (Å²) in [6, 6.07) is 17.4. The van der Waals surface area contributed by atoms with Crippen LogP contribution >= 0.6 is 23.4 Å². The summed E-state index contributed by atoms with van der Waals surface area (Å²) in [5.74, 6) is 2.38. The first-order chi connectivity index (χ1) is 14.5. The molecule has 0 bridgehead atoms. The van der Waals surface area contributed by atoms with Gasteiger partial charge in [0.1, 0.15) is 0 Å². The third-order valence-corrected chi connectivity index (χ3v) is 5.87. The highest BCUT2D eigenvalue weighted by Crippen LogP contribution is 2.29. The van der Waals surface area contributed by atoms with Crippen molar-refractivity contribution < 1.29 is 4.42 Å². The summed E-state index contributed by atoms with van der Waals surface area (Å²) in [4.78, 5) is 2.09. The summed E-state index contributed by atoms with van der Waals surface area (Å²) in [6.45, 7) is 2.09. The van der Waals surface area contributed by atoms with Crippen molar-refractivity contribution in [3.05, 3.63) is 71.3 Å². The van der Waals surface area contributed by atoms with Crippen LogP contribution in [0.5, 0.6) is 0 Å². The zero-order valence-electron chi connectivity index (χ0n) is 16.9. The fourth-order valence-corrected chi connectivity index (χ4v) is 3.77. The van der Waals surface area contributed by atoms with Crippen molar-refractivity contribution in [2.75, 3.05) is 14.1 Å². The molecule has 0 saturated heterocycles. The Bertz CT molecular complexity index is 1110. The molecular formula is C21H21ClN6OS. The predicted octanol–water partition coefficient (Wildman–Crippen LogP) is 4.89. The number of nitrogens with zero attached hydrogens (tertiary/aromatic N) is 6. The fraction of sp³-hybridized carbons (Fsp3) is 0.238. The molecule has 0 spiro atoms. The van der Waals surface area contributed by atoms with Crippen LogP contribution in [0.15, 0.2) is 64.2 Å². The van der Waals surface area contributed by atoms with E-state index in [1.165, 1.54) is 11.8 Å². The van der Waals surface area contributed by atoms with E-state index in [0.717, 1.165) is 22.2 Å². The van der Waals surface area contributed by atoms with Gasteiger partial charge in [-0.25, -0.2) is 0 Å². The van der Waals surface area contributed by atoms with Gasteiger partial charge in [-0.05, 0) is 57.4 Å². The molecule has 0 radical (unpaired) electrons. The summed E-state index contributed by atoms with van der Waals surface area (Å²) in [7, 11) is 4.03. The average molecular weight is 441 g/mol. The molecule has 4 rings (SSSR count). The van der Waals surface area contributed by atoms with Gasteiger partial charge in [-0.15, -0.1) is 20.4 Å². The first kappa shape index (κ1) is 20.6. The highest BCUT2D eigenvalue weighted by Gasteiger charge is 2.21. The molecule has 4 aromatic rings. The molecule has 9 heteroatoms. The van der Waals surface area contributed by atoms with E-state index < -0.39 is 0 Å². The van der Waals surface area contributed by atoms with Crippen LogP contribution in [0.1, 0.15) is 24.7 Å². The number of rotatable bonds is 7. The Kier molecular flexibility index (Phi) is 6.17. The molecule has 2 aromatic heterocycles. The minimum Gasteiger partial charge on any atom is -0.420 e. The van der Waals surface area contributed by atoms with Crippen molar-refractivity contribution in [1.29, 1.82) is 0 Å². The van der Waals surface area contributed by atoms with Gasteiger partial charge in [-0.3, -0.25) is 9.47 Å². The second-order valence-electron chi connectivity index (χ2n) is 6.95. The highest BCUT2D eigenvalue weighted by molar-refractivity contribution is 7.98. The zero-order valence-corrected chi connectivity index (χ0v) is 18.4. The number of benzene rings is 2. The summed E-state index contributed by atoms with van der Waals surface area (Å²) in [6.07, 6.45) is 0. The van der Waals surface area contributed by atoms with Gasteiger partial charge in [0.05, 0.1) is 11.8 Å². The monoisotopic (exact) mass is 440 g/mol. The minimum atomic E-state index is 0.0793. The van der Waals surface area contributed by atoms with Gasteiger partial charge in [0, 0.05) is 16.3 Å². The molecule has 0 N–H and O–H groups in total. The van der Waals surface area contributed by atoms with Crippen LogP contribution in [0.4, 0.5) is 0 Å². The summed E-state index contributed by atoms with van der Waals surface area (Å²) in [5, 5.41) is 18.6. The molecule has 0 amide bonds. The molecule has 2 aromatic carbocycles. The van der Waals surface area contributed by atoms with Crippen molar-refractivity contribution >= 4 is 23.4 Å². The van der Waals surface area contributed by atoms with Crippen LogP contribution in [0.25, 0.3) is 17.1 Å². The van der Waals surface area contributed by atoms with Gasteiger partial charge in [0.15, 0.2) is 11.0 Å². The predicted molar refractivity (Wildman–Crippen MR) is 118 cm³/mol. The fourth-order valence-electron chi connectivity index (χ4n) is 2.84. The van der Waals surface area contributed by atoms with Crippen molar-refractivity contribution in [1.82, 2.24) is 29.9 Å². The summed E-state index contributed by atoms with van der Waals surface area (Å²) < 4.78 is 7.86. The third-order valence-electron chi connectivity index (χ3n) is 4.70. The molecule has 154 valence electrons. The topological polar surface area (TPSA) is 72.9 Å². The molecule has 2 heterocycles. The first-order valence-electron chi connectivity index (χ1n) is 9.41. The maximum absolute atomic E-state index is 6.08. The Morgan fingerprint density at radius 2 is 1.73 bits per heavy atom. The van der Waals surface area contributed by atoms with E-state index in [1.54, 1.807) is 0 Å². The van der Waals surface area contributed by atoms with E-state index in [9.17, 15) is 0 Å². The lowest BCUT2D eigenvalue weighted by molar-refractivity contribution is 0.305. The van der Waals surface area contributed by atoms with Crippen LogP contribution in [-0.2, 0) is 5.75 Å². The Balaban J connectivity index is 1.60. The number of hydrogen-bond donors (Lipinski definition) is 0. The average Bonchev–Trinajstić information content (AvgIpc) is 3.40. The first-order valence-corrected chi connectivity index (χ1v) is 10.8. The normalized spacial score (nSPS) is 12.4. The van der Waals surface area contributed by atoms with E-state index in [-0.39, 0.29) is 6.04 Å². The smallest absolute Gasteiger partial charge is 0.247 e. The Morgan fingerprint density at radius 1 is 1.00 bits per heavy atom. The van der Waals surface area contributed by atoms with Gasteiger partial charge >= 0.3 is 0 Å². The standard InChI is InChI=1S/C21H21ClN6OS/c1-14(27(2)3)19-24-26-21(28(19)17-11-9-16(22)10-12-17)30-13-18-23-25-20(29-18)15-7-5-4-6-8-15/h4-12,14H,13H2,1-3H3. The SMILES string of the molecule is CC(c1nnc(SCc2nnc(-c3ccccc3)o2)n1-c1ccc(Cl)cc1)N(C)C. The van der Waals surface area contributed by atoms with E-state index >= 15 is 0 Å². The maximum Gasteiger partial charge on any atom is 0.247 e. The van der Waals surface area contributed by atoms with Crippen molar-refractivity contribution in [3.63, 3.8) is 0 Å². The van der Waals surface area contributed by atoms with Gasteiger partial charge in [0.2, 0.25) is 11.8 Å². The molecule has 1 unspecified atom stereocenters. The van der Waals surface area contributed by atoms with Crippen molar-refractivity contribution in [3.8, 4) is 17.1 Å². The van der Waals surface area contributed by atoms with E-state index in [4.69, 9.17) is 16.0 Å². The van der Waals surface area contributed by atoms with E-state index in [1.807, 2.05) is 73.3 Å². The number of halogens is 1. The Morgan fingerprint density at radius 3 is 2.43 bits per heavy atom. The van der Waals surface area contributed by atoms with Gasteiger partial charge in [-0.1, -0.05) is 41.6 Å². The molecule has 0 aliphatic rings. The Labute approximate surface area is 184 Å². The van der Waals surface area contributed by atoms with E-state index in [2.05, 4.69) is 32.2 Å². The summed E-state index contributed by atoms with van der Waals surface area (Å²) in [5.41, 5.74) is 1.85. The molecule has 0 saturated carbocycles. The molecule has 0 aliphatic heterocycles. The molecule has 0 fully saturated rings. The summed E-state index contributed by atoms with van der Waals surface area (Å²) >= 11 is 7.58. The van der Waals surface area contributed by atoms with Gasteiger partial charge in [0.25, 0.3) is 0 Å². The lowest BCUT2D eigenvalue weighted by atomic mass is 10.2. The van der Waals surface area contributed by atoms with Crippen LogP contribution in [-0.4, -0.2) is 44.0 Å². The molecule has 7 nitrogen and oxygen atoms in total. The zero-order chi connectivity index (χ0) is 21.1. The number of aromatic nitrogens is 5. The molecular weight excluding hydrogens is 420 g/mol. The Hall–Kier alpha value is -2.68. The lowest BCUT2D eigenvalue weighted by Crippen LogP contribution is -2.20. The molecule has 0 aliphatic carbocycles. The maximum atomic E-state index is 6.08. The number of thioether (sulfide) groups is 1. The van der Waals surface area contributed by atoms with Crippen LogP contribution < -0.4 is 0 Å². The second kappa shape index (κ2) is 8.99. The molecule has 1 atom stereocenters. The van der Waals surface area contributed by atoms with Crippen molar-refractivity contribution in [2.45, 2.75) is 23.9 Å². The quantitative estimate of drug-likeness (QED) is 0.379. The highest BCUT2D eigenvalue weighted by atomic mass is 35.5. The van der Waals surface area contributed by atoms with E-state index in [0.29, 0.717) is 22.6 Å². The van der Waals surface area contributed by atoms with Crippen LogP contribution in [0.3, 0.4) is 0 Å². The van der Waals surface area contributed by atoms with Gasteiger partial charge in [-0.2, -0.15) is 0 Å². The third kappa shape index (κ3) is 4.40. The molecule has 30 heavy (non-hydrogen) atoms. The lowest BCUT2D eigenvalue weighted by Gasteiger charge is -2.20. The number of hydrogen-bond acceptors (Lipinski definition) is 7. The van der Waals surface area contributed by atoms with Crippen LogP contribution in [0, 0.1) is 0 Å². The van der Waals surface area contributed by atoms with Crippen molar-refractivity contribution in [2.24, 2.45) is 0 Å². The minimum absolute atomic E-state index is 0.0793. The largest absolute Gasteiger partial charge is 0.420 e. The van der Waals surface area contributed by atoms with Gasteiger partial charge < -0.3 is 4.42 Å². The second-order valence-corrected chi connectivity index (χ2v) is 8.33.